The standard InChI is InChI=1S/C12H24N2O3S/c1-9(2)10(3)13-12(15)11-6-5-7-14(8-11)18(4,16)17/h9-11H,5-8H2,1-4H3,(H,13,15)/t10-,11+/m1/s1. The molecular formula is C12H24N2O3S. The zero-order chi connectivity index (χ0) is 13.9. The quantitative estimate of drug-likeness (QED) is 0.826. The molecule has 1 fully saturated rings. The zero-order valence-corrected chi connectivity index (χ0v) is 12.5. The first-order valence-corrected chi connectivity index (χ1v) is 8.32. The largest absolute Gasteiger partial charge is 0.353 e. The third-order valence-electron chi connectivity index (χ3n) is 3.59. The first-order chi connectivity index (χ1) is 8.21. The summed E-state index contributed by atoms with van der Waals surface area (Å²) in [6, 6.07) is 0.117. The third kappa shape index (κ3) is 4.24. The van der Waals surface area contributed by atoms with E-state index in [9.17, 15) is 13.2 Å². The van der Waals surface area contributed by atoms with Gasteiger partial charge in [-0.05, 0) is 25.7 Å². The van der Waals surface area contributed by atoms with E-state index < -0.39 is 10.0 Å². The maximum Gasteiger partial charge on any atom is 0.224 e. The van der Waals surface area contributed by atoms with Crippen LogP contribution in [0.15, 0.2) is 0 Å². The fourth-order valence-electron chi connectivity index (χ4n) is 1.97. The van der Waals surface area contributed by atoms with Crippen molar-refractivity contribution in [2.24, 2.45) is 11.8 Å². The number of piperidine rings is 1. The van der Waals surface area contributed by atoms with E-state index in [0.717, 1.165) is 12.8 Å². The molecule has 0 aromatic rings. The molecule has 0 aromatic carbocycles. The van der Waals surface area contributed by atoms with E-state index in [1.54, 1.807) is 0 Å². The number of carbonyl (C=O) groups excluding carboxylic acids is 1. The van der Waals surface area contributed by atoms with E-state index in [1.807, 2.05) is 6.92 Å². The molecule has 2 atom stereocenters. The van der Waals surface area contributed by atoms with Crippen LogP contribution < -0.4 is 5.32 Å². The van der Waals surface area contributed by atoms with Gasteiger partial charge in [0.25, 0.3) is 0 Å². The Bertz CT molecular complexity index is 392. The highest BCUT2D eigenvalue weighted by Crippen LogP contribution is 2.19. The molecule has 5 nitrogen and oxygen atoms in total. The van der Waals surface area contributed by atoms with Crippen LogP contribution in [0, 0.1) is 11.8 Å². The minimum absolute atomic E-state index is 0.0236. The van der Waals surface area contributed by atoms with Crippen molar-refractivity contribution in [3.8, 4) is 0 Å². The van der Waals surface area contributed by atoms with Crippen molar-refractivity contribution in [3.63, 3.8) is 0 Å². The Morgan fingerprint density at radius 1 is 1.33 bits per heavy atom. The highest BCUT2D eigenvalue weighted by molar-refractivity contribution is 7.88. The van der Waals surface area contributed by atoms with Crippen molar-refractivity contribution in [1.82, 2.24) is 9.62 Å². The summed E-state index contributed by atoms with van der Waals surface area (Å²) in [6.07, 6.45) is 2.72. The Labute approximate surface area is 110 Å². The first kappa shape index (κ1) is 15.4. The van der Waals surface area contributed by atoms with Gasteiger partial charge in [0.2, 0.25) is 15.9 Å². The molecule has 0 aliphatic carbocycles. The topological polar surface area (TPSA) is 66.5 Å². The van der Waals surface area contributed by atoms with Gasteiger partial charge in [-0.25, -0.2) is 12.7 Å². The molecule has 1 N–H and O–H groups in total. The van der Waals surface area contributed by atoms with Crippen LogP contribution in [0.25, 0.3) is 0 Å². The Morgan fingerprint density at radius 3 is 2.44 bits per heavy atom. The van der Waals surface area contributed by atoms with Gasteiger partial charge in [-0.3, -0.25) is 4.79 Å². The number of hydrogen-bond acceptors (Lipinski definition) is 3. The Balaban J connectivity index is 2.59. The van der Waals surface area contributed by atoms with Crippen LogP contribution >= 0.6 is 0 Å². The zero-order valence-electron chi connectivity index (χ0n) is 11.6. The molecule has 1 amide bonds. The lowest BCUT2D eigenvalue weighted by Crippen LogP contribution is -2.47. The molecule has 1 aliphatic rings. The molecule has 18 heavy (non-hydrogen) atoms. The number of amides is 1. The number of rotatable bonds is 4. The summed E-state index contributed by atoms with van der Waals surface area (Å²) in [5, 5.41) is 2.96. The summed E-state index contributed by atoms with van der Waals surface area (Å²) in [7, 11) is -3.18. The molecular weight excluding hydrogens is 252 g/mol. The number of sulfonamides is 1. The van der Waals surface area contributed by atoms with Crippen LogP contribution in [0.4, 0.5) is 0 Å². The summed E-state index contributed by atoms with van der Waals surface area (Å²) in [5.41, 5.74) is 0. The summed E-state index contributed by atoms with van der Waals surface area (Å²) in [6.45, 7) is 6.92. The molecule has 1 saturated heterocycles. The Morgan fingerprint density at radius 2 is 1.94 bits per heavy atom. The lowest BCUT2D eigenvalue weighted by Gasteiger charge is -2.31. The van der Waals surface area contributed by atoms with Crippen LogP contribution in [0.3, 0.4) is 0 Å². The van der Waals surface area contributed by atoms with Gasteiger partial charge >= 0.3 is 0 Å². The fourth-order valence-corrected chi connectivity index (χ4v) is 2.88. The minimum Gasteiger partial charge on any atom is -0.353 e. The molecule has 0 unspecified atom stereocenters. The molecule has 0 spiro atoms. The number of hydrogen-bond donors (Lipinski definition) is 1. The van der Waals surface area contributed by atoms with Crippen molar-refractivity contribution in [2.75, 3.05) is 19.3 Å². The van der Waals surface area contributed by atoms with Gasteiger partial charge in [-0.1, -0.05) is 13.8 Å². The summed E-state index contributed by atoms with van der Waals surface area (Å²) >= 11 is 0. The second kappa shape index (κ2) is 6.02. The van der Waals surface area contributed by atoms with Crippen LogP contribution in [-0.2, 0) is 14.8 Å². The van der Waals surface area contributed by atoms with Gasteiger partial charge in [-0.2, -0.15) is 0 Å². The average Bonchev–Trinajstić information content (AvgIpc) is 2.27. The van der Waals surface area contributed by atoms with Gasteiger partial charge < -0.3 is 5.32 Å². The highest BCUT2D eigenvalue weighted by Gasteiger charge is 2.30. The van der Waals surface area contributed by atoms with Crippen molar-refractivity contribution in [1.29, 1.82) is 0 Å². The van der Waals surface area contributed by atoms with E-state index in [1.165, 1.54) is 10.6 Å². The number of nitrogens with zero attached hydrogens (tertiary/aromatic N) is 1. The Kier molecular flexibility index (Phi) is 5.16. The van der Waals surface area contributed by atoms with E-state index in [0.29, 0.717) is 19.0 Å². The van der Waals surface area contributed by atoms with Gasteiger partial charge in [0.05, 0.1) is 12.2 Å². The van der Waals surface area contributed by atoms with E-state index >= 15 is 0 Å². The van der Waals surface area contributed by atoms with Crippen LogP contribution in [0.5, 0.6) is 0 Å². The van der Waals surface area contributed by atoms with Crippen molar-refractivity contribution in [2.45, 2.75) is 39.7 Å². The predicted molar refractivity (Wildman–Crippen MR) is 71.6 cm³/mol. The van der Waals surface area contributed by atoms with E-state index in [2.05, 4.69) is 19.2 Å². The monoisotopic (exact) mass is 276 g/mol. The molecule has 1 heterocycles. The van der Waals surface area contributed by atoms with Crippen LogP contribution in [0.2, 0.25) is 0 Å². The normalized spacial score (nSPS) is 23.9. The molecule has 0 aromatic heterocycles. The van der Waals surface area contributed by atoms with Crippen molar-refractivity contribution in [3.05, 3.63) is 0 Å². The lowest BCUT2D eigenvalue weighted by atomic mass is 9.97. The Hall–Kier alpha value is -0.620. The van der Waals surface area contributed by atoms with E-state index in [-0.39, 0.29) is 17.9 Å². The van der Waals surface area contributed by atoms with Gasteiger partial charge in [-0.15, -0.1) is 0 Å². The van der Waals surface area contributed by atoms with Gasteiger partial charge in [0.1, 0.15) is 0 Å². The molecule has 1 rings (SSSR count). The maximum atomic E-state index is 12.1. The number of carbonyl (C=O) groups is 1. The summed E-state index contributed by atoms with van der Waals surface area (Å²) in [4.78, 5) is 12.1. The molecule has 0 saturated carbocycles. The average molecular weight is 276 g/mol. The summed E-state index contributed by atoms with van der Waals surface area (Å²) in [5.74, 6) is 0.141. The van der Waals surface area contributed by atoms with Crippen molar-refractivity contribution < 1.29 is 13.2 Å². The third-order valence-corrected chi connectivity index (χ3v) is 4.86. The minimum atomic E-state index is -3.18. The molecule has 6 heteroatoms. The summed E-state index contributed by atoms with van der Waals surface area (Å²) < 4.78 is 24.4. The van der Waals surface area contributed by atoms with Crippen LogP contribution in [-0.4, -0.2) is 44.0 Å². The fraction of sp³-hybridized carbons (Fsp3) is 0.917. The second-order valence-electron chi connectivity index (χ2n) is 5.50. The highest BCUT2D eigenvalue weighted by atomic mass is 32.2. The molecule has 0 bridgehead atoms. The maximum absolute atomic E-state index is 12.1. The van der Waals surface area contributed by atoms with Crippen molar-refractivity contribution >= 4 is 15.9 Å². The SMILES string of the molecule is CC(C)[C@@H](C)NC(=O)[C@H]1CCCN(S(C)(=O)=O)C1. The second-order valence-corrected chi connectivity index (χ2v) is 7.48. The van der Waals surface area contributed by atoms with Gasteiger partial charge in [0, 0.05) is 19.1 Å². The van der Waals surface area contributed by atoms with E-state index in [4.69, 9.17) is 0 Å². The smallest absolute Gasteiger partial charge is 0.224 e. The van der Waals surface area contributed by atoms with Gasteiger partial charge in [0.15, 0.2) is 0 Å². The predicted octanol–water partition coefficient (Wildman–Crippen LogP) is 0.819. The molecule has 1 aliphatic heterocycles. The first-order valence-electron chi connectivity index (χ1n) is 6.47. The molecule has 106 valence electrons. The lowest BCUT2D eigenvalue weighted by molar-refractivity contribution is -0.127. The van der Waals surface area contributed by atoms with Crippen LogP contribution in [0.1, 0.15) is 33.6 Å². The molecule has 0 radical (unpaired) electrons. The number of nitrogens with one attached hydrogen (secondary N) is 1.